The smallest absolute Gasteiger partial charge is 0.176 e. The van der Waals surface area contributed by atoms with Gasteiger partial charge in [0.15, 0.2) is 9.84 Å². The second-order valence-electron chi connectivity index (χ2n) is 3.98. The second-order valence-corrected chi connectivity index (χ2v) is 5.96. The summed E-state index contributed by atoms with van der Waals surface area (Å²) < 4.78 is 23.5. The van der Waals surface area contributed by atoms with Crippen molar-refractivity contribution < 1.29 is 13.3 Å². The van der Waals surface area contributed by atoms with Gasteiger partial charge in [0.05, 0.1) is 10.6 Å². The molecule has 0 radical (unpaired) electrons. The number of sulfone groups is 1. The fourth-order valence-corrected chi connectivity index (χ4v) is 2.69. The first-order valence-electron chi connectivity index (χ1n) is 5.48. The van der Waals surface area contributed by atoms with Crippen LogP contribution in [-0.4, -0.2) is 34.0 Å². The molecule has 1 heterocycles. The minimum absolute atomic E-state index is 0.272. The summed E-state index contributed by atoms with van der Waals surface area (Å²) in [6.07, 6.45) is 1.80. The van der Waals surface area contributed by atoms with Crippen LogP contribution < -0.4 is 10.9 Å². The number of rotatable bonds is 4. The van der Waals surface area contributed by atoms with E-state index in [2.05, 4.69) is 16.0 Å². The summed E-state index contributed by atoms with van der Waals surface area (Å²) in [6.45, 7) is 0.488. The van der Waals surface area contributed by atoms with E-state index in [1.165, 1.54) is 6.26 Å². The van der Waals surface area contributed by atoms with E-state index in [-0.39, 0.29) is 4.90 Å². The van der Waals surface area contributed by atoms with Gasteiger partial charge in [-0.15, -0.1) is 0 Å². The van der Waals surface area contributed by atoms with Crippen LogP contribution in [0.3, 0.4) is 0 Å². The molecule has 0 bridgehead atoms. The van der Waals surface area contributed by atoms with Gasteiger partial charge in [-0.1, -0.05) is 5.16 Å². The molecule has 1 aromatic rings. The van der Waals surface area contributed by atoms with Gasteiger partial charge in [-0.05, 0) is 18.2 Å². The molecule has 0 fully saturated rings. The van der Waals surface area contributed by atoms with Gasteiger partial charge < -0.3 is 10.3 Å². The van der Waals surface area contributed by atoms with E-state index in [4.69, 9.17) is 4.84 Å². The molecule has 1 aliphatic heterocycles. The van der Waals surface area contributed by atoms with Gasteiger partial charge in [-0.2, -0.15) is 0 Å². The summed E-state index contributed by atoms with van der Waals surface area (Å²) in [5.74, 6) is 0. The van der Waals surface area contributed by atoms with Gasteiger partial charge >= 0.3 is 0 Å². The summed E-state index contributed by atoms with van der Waals surface area (Å²) in [4.78, 5) is 5.21. The maximum atomic E-state index is 11.7. The zero-order chi connectivity index (χ0) is 13.2. The van der Waals surface area contributed by atoms with Crippen molar-refractivity contribution in [1.82, 2.24) is 5.43 Å². The molecule has 0 unspecified atom stereocenters. The minimum atomic E-state index is -3.29. The first-order chi connectivity index (χ1) is 8.52. The number of nitrogens with one attached hydrogen (secondary N) is 2. The maximum absolute atomic E-state index is 11.7. The van der Waals surface area contributed by atoms with Crippen molar-refractivity contribution in [2.75, 3.05) is 25.3 Å². The average Bonchev–Trinajstić information content (AvgIpc) is 2.81. The molecule has 0 amide bonds. The van der Waals surface area contributed by atoms with Crippen LogP contribution in [0, 0.1) is 0 Å². The predicted octanol–water partition coefficient (Wildman–Crippen LogP) is 0.761. The number of benzene rings is 1. The van der Waals surface area contributed by atoms with Gasteiger partial charge in [0.1, 0.15) is 6.61 Å². The molecule has 2 rings (SSSR count). The average molecular weight is 269 g/mol. The lowest BCUT2D eigenvalue weighted by Crippen LogP contribution is -2.16. The maximum Gasteiger partial charge on any atom is 0.176 e. The Morgan fingerprint density at radius 2 is 2.17 bits per heavy atom. The largest absolute Gasteiger partial charge is 0.395 e. The minimum Gasteiger partial charge on any atom is -0.395 e. The Hall–Kier alpha value is -1.60. The normalized spacial score (nSPS) is 15.1. The zero-order valence-electron chi connectivity index (χ0n) is 10.2. The van der Waals surface area contributed by atoms with Crippen LogP contribution in [0.25, 0.3) is 0 Å². The molecule has 7 heteroatoms. The van der Waals surface area contributed by atoms with Gasteiger partial charge in [-0.3, -0.25) is 0 Å². The summed E-state index contributed by atoms with van der Waals surface area (Å²) in [5, 5.41) is 3.89. The topological polar surface area (TPSA) is 79.8 Å². The molecule has 0 saturated heterocycles. The Labute approximate surface area is 106 Å². The van der Waals surface area contributed by atoms with Crippen LogP contribution in [0.2, 0.25) is 0 Å². The Balaban J connectivity index is 2.53. The molecule has 98 valence electrons. The van der Waals surface area contributed by atoms with Crippen molar-refractivity contribution in [1.29, 1.82) is 0 Å². The van der Waals surface area contributed by atoms with E-state index >= 15 is 0 Å². The van der Waals surface area contributed by atoms with E-state index in [0.717, 1.165) is 5.69 Å². The highest BCUT2D eigenvalue weighted by Gasteiger charge is 2.20. The Morgan fingerprint density at radius 3 is 2.72 bits per heavy atom. The lowest BCUT2D eigenvalue weighted by Gasteiger charge is -2.10. The van der Waals surface area contributed by atoms with Gasteiger partial charge in [0, 0.05) is 31.0 Å². The van der Waals surface area contributed by atoms with E-state index < -0.39 is 9.84 Å². The van der Waals surface area contributed by atoms with Crippen molar-refractivity contribution in [3.05, 3.63) is 23.8 Å². The lowest BCUT2D eigenvalue weighted by molar-refractivity contribution is 0.174. The number of nitrogens with zero attached hydrogens (tertiary/aromatic N) is 1. The third-order valence-electron chi connectivity index (χ3n) is 2.56. The Morgan fingerprint density at radius 1 is 1.39 bits per heavy atom. The monoisotopic (exact) mass is 269 g/mol. The van der Waals surface area contributed by atoms with Crippen molar-refractivity contribution in [3.63, 3.8) is 0 Å². The number of hydrazine groups is 1. The third-order valence-corrected chi connectivity index (χ3v) is 3.72. The summed E-state index contributed by atoms with van der Waals surface area (Å²) >= 11 is 0. The van der Waals surface area contributed by atoms with Crippen LogP contribution in [0.1, 0.15) is 12.0 Å². The van der Waals surface area contributed by atoms with Crippen molar-refractivity contribution >= 4 is 21.2 Å². The zero-order valence-corrected chi connectivity index (χ0v) is 11.0. The highest BCUT2D eigenvalue weighted by atomic mass is 32.2. The molecule has 2 N–H and O–H groups in total. The highest BCUT2D eigenvalue weighted by Crippen LogP contribution is 2.23. The molecule has 18 heavy (non-hydrogen) atoms. The van der Waals surface area contributed by atoms with Crippen molar-refractivity contribution in [2.45, 2.75) is 11.3 Å². The van der Waals surface area contributed by atoms with Crippen LogP contribution in [0.4, 0.5) is 5.69 Å². The molecule has 0 spiro atoms. The highest BCUT2D eigenvalue weighted by molar-refractivity contribution is 7.90. The van der Waals surface area contributed by atoms with E-state index in [1.807, 2.05) is 0 Å². The third kappa shape index (κ3) is 2.62. The SMILES string of the molecule is CNNc1ccc(S(C)(=O)=O)c(C2=NOCC2)c1. The number of anilines is 1. The van der Waals surface area contributed by atoms with Gasteiger partial charge in [0.25, 0.3) is 0 Å². The molecular formula is C11H15N3O3S. The fourth-order valence-electron chi connectivity index (χ4n) is 1.80. The molecule has 1 aliphatic rings. The first kappa shape index (κ1) is 12.8. The van der Waals surface area contributed by atoms with Crippen LogP contribution in [-0.2, 0) is 14.7 Å². The summed E-state index contributed by atoms with van der Waals surface area (Å²) in [7, 11) is -1.55. The van der Waals surface area contributed by atoms with Crippen LogP contribution in [0.15, 0.2) is 28.3 Å². The van der Waals surface area contributed by atoms with Crippen molar-refractivity contribution in [2.24, 2.45) is 5.16 Å². The quantitative estimate of drug-likeness (QED) is 0.789. The molecule has 0 aromatic heterocycles. The van der Waals surface area contributed by atoms with Gasteiger partial charge in [0.2, 0.25) is 0 Å². The fraction of sp³-hybridized carbons (Fsp3) is 0.364. The number of hydrogen-bond donors (Lipinski definition) is 2. The van der Waals surface area contributed by atoms with E-state index in [0.29, 0.717) is 24.3 Å². The van der Waals surface area contributed by atoms with Gasteiger partial charge in [-0.25, -0.2) is 13.8 Å². The second kappa shape index (κ2) is 4.95. The standard InChI is InChI=1S/C11H15N3O3S/c1-12-13-8-3-4-11(18(2,15)16)9(7-8)10-5-6-17-14-10/h3-4,7,12-13H,5-6H2,1-2H3. The summed E-state index contributed by atoms with van der Waals surface area (Å²) in [5.41, 5.74) is 7.73. The number of oxime groups is 1. The lowest BCUT2D eigenvalue weighted by atomic mass is 10.1. The van der Waals surface area contributed by atoms with Crippen LogP contribution in [0.5, 0.6) is 0 Å². The van der Waals surface area contributed by atoms with E-state index in [9.17, 15) is 8.42 Å². The van der Waals surface area contributed by atoms with Crippen LogP contribution >= 0.6 is 0 Å². The summed E-state index contributed by atoms with van der Waals surface area (Å²) in [6, 6.07) is 5.03. The molecule has 0 atom stereocenters. The number of hydrogen-bond acceptors (Lipinski definition) is 6. The molecule has 0 saturated carbocycles. The first-order valence-corrected chi connectivity index (χ1v) is 7.37. The van der Waals surface area contributed by atoms with E-state index in [1.54, 1.807) is 25.2 Å². The predicted molar refractivity (Wildman–Crippen MR) is 69.3 cm³/mol. The molecule has 1 aromatic carbocycles. The Bertz CT molecular complexity index is 581. The van der Waals surface area contributed by atoms with Crippen molar-refractivity contribution in [3.8, 4) is 0 Å². The molecule has 0 aliphatic carbocycles. The molecular weight excluding hydrogens is 254 g/mol. The Kier molecular flexibility index (Phi) is 3.53. The molecule has 6 nitrogen and oxygen atoms in total.